The fraction of sp³-hybridized carbons (Fsp3) is 0.200. The zero-order valence-corrected chi connectivity index (χ0v) is 15.8. The average molecular weight is 387 g/mol. The second kappa shape index (κ2) is 9.50. The summed E-state index contributed by atoms with van der Waals surface area (Å²) in [5, 5.41) is 4.86. The second-order valence-electron chi connectivity index (χ2n) is 5.78. The van der Waals surface area contributed by atoms with Gasteiger partial charge in [0.25, 0.3) is 0 Å². The molecule has 3 aromatic rings. The first kappa shape index (κ1) is 18.6. The topological polar surface area (TPSA) is 42.0 Å². The van der Waals surface area contributed by atoms with Gasteiger partial charge in [0.05, 0.1) is 12.1 Å². The highest BCUT2D eigenvalue weighted by molar-refractivity contribution is 8.00. The number of thioether (sulfide) groups is 1. The van der Waals surface area contributed by atoms with Crippen LogP contribution in [0.25, 0.3) is 0 Å². The molecule has 0 saturated heterocycles. The van der Waals surface area contributed by atoms with Gasteiger partial charge in [-0.25, -0.2) is 9.37 Å². The summed E-state index contributed by atoms with van der Waals surface area (Å²) in [5.41, 5.74) is 3.04. The lowest BCUT2D eigenvalue weighted by molar-refractivity contribution is -0.120. The molecule has 6 heteroatoms. The number of carbonyl (C=O) groups is 1. The lowest BCUT2D eigenvalue weighted by Crippen LogP contribution is -2.27. The molecule has 1 heterocycles. The number of hydrogen-bond donors (Lipinski definition) is 1. The normalized spacial score (nSPS) is 10.7. The lowest BCUT2D eigenvalue weighted by atomic mass is 10.1. The van der Waals surface area contributed by atoms with Gasteiger partial charge in [0, 0.05) is 17.7 Å². The monoisotopic (exact) mass is 386 g/mol. The van der Waals surface area contributed by atoms with Crippen LogP contribution in [0.5, 0.6) is 0 Å². The van der Waals surface area contributed by atoms with Crippen molar-refractivity contribution in [2.45, 2.75) is 22.9 Å². The molecule has 0 aliphatic heterocycles. The minimum Gasteiger partial charge on any atom is -0.355 e. The third-order valence-corrected chi connectivity index (χ3v) is 5.87. The quantitative estimate of drug-likeness (QED) is 0.581. The molecule has 0 atom stereocenters. The van der Waals surface area contributed by atoms with Crippen molar-refractivity contribution in [2.75, 3.05) is 6.54 Å². The number of amides is 1. The highest BCUT2D eigenvalue weighted by atomic mass is 32.2. The number of thiazole rings is 1. The maximum absolute atomic E-state index is 12.9. The van der Waals surface area contributed by atoms with Crippen LogP contribution in [0.3, 0.4) is 0 Å². The highest BCUT2D eigenvalue weighted by Gasteiger charge is 2.08. The minimum atomic E-state index is -0.228. The Bertz CT molecular complexity index is 835. The van der Waals surface area contributed by atoms with Gasteiger partial charge >= 0.3 is 0 Å². The van der Waals surface area contributed by atoms with Crippen LogP contribution in [0.4, 0.5) is 4.39 Å². The SMILES string of the molecule is O=C(Cc1csc(SCc2ccc(F)cc2)n1)NCCc1ccccc1. The van der Waals surface area contributed by atoms with Crippen molar-refractivity contribution < 1.29 is 9.18 Å². The van der Waals surface area contributed by atoms with E-state index in [0.29, 0.717) is 13.0 Å². The zero-order valence-electron chi connectivity index (χ0n) is 14.2. The Kier molecular flexibility index (Phi) is 6.80. The summed E-state index contributed by atoms with van der Waals surface area (Å²) in [6.45, 7) is 0.624. The molecule has 0 spiro atoms. The summed E-state index contributed by atoms with van der Waals surface area (Å²) >= 11 is 3.13. The first-order chi connectivity index (χ1) is 12.7. The van der Waals surface area contributed by atoms with Crippen molar-refractivity contribution in [3.05, 3.63) is 82.6 Å². The van der Waals surface area contributed by atoms with E-state index in [9.17, 15) is 9.18 Å². The molecule has 26 heavy (non-hydrogen) atoms. The van der Waals surface area contributed by atoms with Gasteiger partial charge in [-0.2, -0.15) is 0 Å². The highest BCUT2D eigenvalue weighted by Crippen LogP contribution is 2.26. The Morgan fingerprint density at radius 1 is 1.08 bits per heavy atom. The van der Waals surface area contributed by atoms with Crippen molar-refractivity contribution in [1.29, 1.82) is 0 Å². The van der Waals surface area contributed by atoms with Crippen LogP contribution in [-0.2, 0) is 23.4 Å². The number of benzene rings is 2. The number of carbonyl (C=O) groups excluding carboxylic acids is 1. The van der Waals surface area contributed by atoms with Crippen LogP contribution in [0.1, 0.15) is 16.8 Å². The Labute approximate surface area is 160 Å². The summed E-state index contributed by atoms with van der Waals surface area (Å²) in [6.07, 6.45) is 1.12. The molecule has 0 unspecified atom stereocenters. The van der Waals surface area contributed by atoms with Gasteiger partial charge in [0.1, 0.15) is 10.2 Å². The van der Waals surface area contributed by atoms with E-state index in [1.54, 1.807) is 23.9 Å². The Hall–Kier alpha value is -2.18. The molecule has 0 aliphatic rings. The number of aromatic nitrogens is 1. The first-order valence-electron chi connectivity index (χ1n) is 8.31. The first-order valence-corrected chi connectivity index (χ1v) is 10.2. The van der Waals surface area contributed by atoms with E-state index in [4.69, 9.17) is 0 Å². The van der Waals surface area contributed by atoms with Gasteiger partial charge in [-0.3, -0.25) is 4.79 Å². The van der Waals surface area contributed by atoms with Gasteiger partial charge < -0.3 is 5.32 Å². The molecule has 0 fully saturated rings. The van der Waals surface area contributed by atoms with E-state index in [1.807, 2.05) is 23.6 Å². The van der Waals surface area contributed by atoms with Crippen molar-refractivity contribution >= 4 is 29.0 Å². The average Bonchev–Trinajstić information content (AvgIpc) is 3.09. The molecule has 0 radical (unpaired) electrons. The van der Waals surface area contributed by atoms with Crippen LogP contribution >= 0.6 is 23.1 Å². The molecule has 3 nitrogen and oxygen atoms in total. The largest absolute Gasteiger partial charge is 0.355 e. The minimum absolute atomic E-state index is 0.0127. The molecule has 0 bridgehead atoms. The molecule has 3 rings (SSSR count). The van der Waals surface area contributed by atoms with Crippen LogP contribution in [0.15, 0.2) is 64.3 Å². The maximum atomic E-state index is 12.9. The summed E-state index contributed by atoms with van der Waals surface area (Å²) in [5.74, 6) is 0.492. The molecule has 2 aromatic carbocycles. The molecule has 1 aromatic heterocycles. The van der Waals surface area contributed by atoms with Gasteiger partial charge in [0.2, 0.25) is 5.91 Å². The summed E-state index contributed by atoms with van der Waals surface area (Å²) in [6, 6.07) is 16.6. The smallest absolute Gasteiger partial charge is 0.226 e. The van der Waals surface area contributed by atoms with Crippen LogP contribution in [0.2, 0.25) is 0 Å². The van der Waals surface area contributed by atoms with Gasteiger partial charge in [-0.15, -0.1) is 11.3 Å². The summed E-state index contributed by atoms with van der Waals surface area (Å²) in [7, 11) is 0. The molecule has 0 aliphatic carbocycles. The second-order valence-corrected chi connectivity index (χ2v) is 7.86. The molecule has 0 saturated carbocycles. The van der Waals surface area contributed by atoms with E-state index in [0.717, 1.165) is 27.8 Å². The van der Waals surface area contributed by atoms with Crippen molar-refractivity contribution in [2.24, 2.45) is 0 Å². The van der Waals surface area contributed by atoms with Crippen molar-refractivity contribution in [3.63, 3.8) is 0 Å². The maximum Gasteiger partial charge on any atom is 0.226 e. The third-order valence-electron chi connectivity index (χ3n) is 3.73. The Balaban J connectivity index is 1.41. The van der Waals surface area contributed by atoms with E-state index < -0.39 is 0 Å². The molecule has 134 valence electrons. The van der Waals surface area contributed by atoms with Gasteiger partial charge in [0.15, 0.2) is 0 Å². The van der Waals surface area contributed by atoms with E-state index >= 15 is 0 Å². The summed E-state index contributed by atoms with van der Waals surface area (Å²) in [4.78, 5) is 16.5. The van der Waals surface area contributed by atoms with E-state index in [2.05, 4.69) is 22.4 Å². The number of hydrogen-bond acceptors (Lipinski definition) is 4. The molecule has 1 N–H and O–H groups in total. The van der Waals surface area contributed by atoms with Gasteiger partial charge in [-0.05, 0) is 29.7 Å². The van der Waals surface area contributed by atoms with E-state index in [1.165, 1.54) is 29.0 Å². The van der Waals surface area contributed by atoms with E-state index in [-0.39, 0.29) is 11.7 Å². The third kappa shape index (κ3) is 5.97. The molecular formula is C20H19FN2OS2. The zero-order chi connectivity index (χ0) is 18.2. The number of nitrogens with zero attached hydrogens (tertiary/aromatic N) is 1. The Morgan fingerprint density at radius 3 is 2.62 bits per heavy atom. The number of nitrogens with one attached hydrogen (secondary N) is 1. The lowest BCUT2D eigenvalue weighted by Gasteiger charge is -2.04. The van der Waals surface area contributed by atoms with Crippen molar-refractivity contribution in [3.8, 4) is 0 Å². The number of halogens is 1. The van der Waals surface area contributed by atoms with Crippen molar-refractivity contribution in [1.82, 2.24) is 10.3 Å². The predicted molar refractivity (Wildman–Crippen MR) is 105 cm³/mol. The molecular weight excluding hydrogens is 367 g/mol. The molecule has 1 amide bonds. The fourth-order valence-corrected chi connectivity index (χ4v) is 4.18. The fourth-order valence-electron chi connectivity index (χ4n) is 2.38. The summed E-state index contributed by atoms with van der Waals surface area (Å²) < 4.78 is 13.8. The Morgan fingerprint density at radius 2 is 1.85 bits per heavy atom. The predicted octanol–water partition coefficient (Wildman–Crippen LogP) is 4.48. The van der Waals surface area contributed by atoms with Crippen LogP contribution in [0, 0.1) is 5.82 Å². The van der Waals surface area contributed by atoms with Crippen LogP contribution in [-0.4, -0.2) is 17.4 Å². The standard InChI is InChI=1S/C20H19FN2OS2/c21-17-8-6-16(7-9-17)13-25-20-23-18(14-26-20)12-19(24)22-11-10-15-4-2-1-3-5-15/h1-9,14H,10-13H2,(H,22,24). The van der Waals surface area contributed by atoms with Crippen LogP contribution < -0.4 is 5.32 Å². The number of rotatable bonds is 8. The van der Waals surface area contributed by atoms with Gasteiger partial charge in [-0.1, -0.05) is 54.2 Å².